The first-order valence-corrected chi connectivity index (χ1v) is 3.85. The Balaban J connectivity index is 2.96. The summed E-state index contributed by atoms with van der Waals surface area (Å²) in [6.45, 7) is 0. The highest BCUT2D eigenvalue weighted by Crippen LogP contribution is 2.28. The van der Waals surface area contributed by atoms with Crippen molar-refractivity contribution < 1.29 is 10.2 Å². The molecule has 60 valence electrons. The molecule has 0 atom stereocenters. The van der Waals surface area contributed by atoms with E-state index in [1.807, 2.05) is 0 Å². The smallest absolute Gasteiger partial charge is 0.160 e. The highest BCUT2D eigenvalue weighted by Gasteiger charge is 2.03. The summed E-state index contributed by atoms with van der Waals surface area (Å²) in [6, 6.07) is 4.85. The van der Waals surface area contributed by atoms with Gasteiger partial charge in [-0.1, -0.05) is 12.1 Å². The van der Waals surface area contributed by atoms with Crippen molar-refractivity contribution in [3.63, 3.8) is 0 Å². The van der Waals surface area contributed by atoms with Crippen LogP contribution in [0.15, 0.2) is 18.2 Å². The van der Waals surface area contributed by atoms with E-state index in [1.165, 1.54) is 6.07 Å². The van der Waals surface area contributed by atoms with E-state index in [-0.39, 0.29) is 11.5 Å². The maximum atomic E-state index is 9.22. The fourth-order valence-corrected chi connectivity index (χ4v) is 1.08. The zero-order valence-electron chi connectivity index (χ0n) is 5.92. The monoisotopic (exact) mass is 172 g/mol. The van der Waals surface area contributed by atoms with Gasteiger partial charge in [0.1, 0.15) is 0 Å². The molecule has 0 fully saturated rings. The van der Waals surface area contributed by atoms with E-state index in [2.05, 4.69) is 0 Å². The Bertz CT molecular complexity index is 248. The van der Waals surface area contributed by atoms with Crippen molar-refractivity contribution in [3.05, 3.63) is 23.8 Å². The molecule has 0 aliphatic carbocycles. The maximum absolute atomic E-state index is 9.22. The van der Waals surface area contributed by atoms with Gasteiger partial charge in [0.05, 0.1) is 0 Å². The van der Waals surface area contributed by atoms with Crippen LogP contribution in [0.4, 0.5) is 0 Å². The second kappa shape index (κ2) is 3.49. The van der Waals surface area contributed by atoms with Crippen molar-refractivity contribution in [2.24, 2.45) is 0 Å². The predicted molar refractivity (Wildman–Crippen MR) is 44.2 cm³/mol. The number of phenolic OH excluding ortho intramolecular Hbond substituents is 2. The summed E-state index contributed by atoms with van der Waals surface area (Å²) < 4.78 is 0. The molecule has 2 nitrogen and oxygen atoms in total. The SMILES string of the molecule is Oc1cccc(CCCl)c1O. The van der Waals surface area contributed by atoms with Gasteiger partial charge in [0, 0.05) is 5.88 Å². The lowest BCUT2D eigenvalue weighted by Gasteiger charge is -2.02. The Morgan fingerprint density at radius 3 is 2.64 bits per heavy atom. The number of para-hydroxylation sites is 1. The summed E-state index contributed by atoms with van der Waals surface area (Å²) in [6.07, 6.45) is 0.571. The Morgan fingerprint density at radius 1 is 1.27 bits per heavy atom. The molecule has 0 saturated carbocycles. The Labute approximate surface area is 70.1 Å². The molecule has 0 spiro atoms. The molecule has 1 aromatic carbocycles. The van der Waals surface area contributed by atoms with Gasteiger partial charge in [0.25, 0.3) is 0 Å². The van der Waals surface area contributed by atoms with Crippen LogP contribution in [0, 0.1) is 0 Å². The molecule has 0 radical (unpaired) electrons. The lowest BCUT2D eigenvalue weighted by molar-refractivity contribution is 0.400. The first kappa shape index (κ1) is 8.21. The lowest BCUT2D eigenvalue weighted by atomic mass is 10.1. The highest BCUT2D eigenvalue weighted by atomic mass is 35.5. The summed E-state index contributed by atoms with van der Waals surface area (Å²) in [5, 5.41) is 18.3. The van der Waals surface area contributed by atoms with Gasteiger partial charge >= 0.3 is 0 Å². The molecule has 1 aromatic rings. The van der Waals surface area contributed by atoms with Crippen molar-refractivity contribution >= 4 is 11.6 Å². The number of benzene rings is 1. The minimum absolute atomic E-state index is 0.0619. The molecular formula is C8H9ClO2. The van der Waals surface area contributed by atoms with Crippen LogP contribution >= 0.6 is 11.6 Å². The molecule has 0 heterocycles. The standard InChI is InChI=1S/C8H9ClO2/c9-5-4-6-2-1-3-7(10)8(6)11/h1-3,10-11H,4-5H2. The van der Waals surface area contributed by atoms with Crippen molar-refractivity contribution in [1.29, 1.82) is 0 Å². The van der Waals surface area contributed by atoms with Crippen LogP contribution in [-0.2, 0) is 6.42 Å². The topological polar surface area (TPSA) is 40.5 Å². The molecule has 0 bridgehead atoms. The number of hydrogen-bond acceptors (Lipinski definition) is 2. The molecule has 0 aromatic heterocycles. The Kier molecular flexibility index (Phi) is 2.60. The van der Waals surface area contributed by atoms with Crippen LogP contribution in [0.5, 0.6) is 11.5 Å². The average Bonchev–Trinajstić information content (AvgIpc) is 1.99. The zero-order valence-corrected chi connectivity index (χ0v) is 6.67. The summed E-state index contributed by atoms with van der Waals surface area (Å²) in [5.74, 6) is 0.289. The van der Waals surface area contributed by atoms with Crippen LogP contribution in [0.3, 0.4) is 0 Å². The number of aryl methyl sites for hydroxylation is 1. The van der Waals surface area contributed by atoms with Crippen LogP contribution in [-0.4, -0.2) is 16.1 Å². The first-order valence-electron chi connectivity index (χ1n) is 3.31. The van der Waals surface area contributed by atoms with Gasteiger partial charge in [0.15, 0.2) is 11.5 Å². The van der Waals surface area contributed by atoms with E-state index in [0.29, 0.717) is 17.9 Å². The lowest BCUT2D eigenvalue weighted by Crippen LogP contribution is -1.86. The average molecular weight is 173 g/mol. The van der Waals surface area contributed by atoms with Crippen LogP contribution < -0.4 is 0 Å². The quantitative estimate of drug-likeness (QED) is 0.528. The number of rotatable bonds is 2. The van der Waals surface area contributed by atoms with Gasteiger partial charge in [-0.05, 0) is 18.1 Å². The third kappa shape index (κ3) is 1.77. The van der Waals surface area contributed by atoms with E-state index >= 15 is 0 Å². The summed E-state index contributed by atoms with van der Waals surface area (Å²) in [7, 11) is 0. The van der Waals surface area contributed by atoms with Gasteiger partial charge < -0.3 is 10.2 Å². The largest absolute Gasteiger partial charge is 0.504 e. The van der Waals surface area contributed by atoms with E-state index in [4.69, 9.17) is 16.7 Å². The second-order valence-corrected chi connectivity index (χ2v) is 2.60. The van der Waals surface area contributed by atoms with Gasteiger partial charge in [-0.25, -0.2) is 0 Å². The Morgan fingerprint density at radius 2 is 2.00 bits per heavy atom. The molecular weight excluding hydrogens is 164 g/mol. The summed E-state index contributed by atoms with van der Waals surface area (Å²) in [5.41, 5.74) is 0.681. The molecule has 0 aliphatic heterocycles. The summed E-state index contributed by atoms with van der Waals surface area (Å²) >= 11 is 5.47. The molecule has 11 heavy (non-hydrogen) atoms. The second-order valence-electron chi connectivity index (χ2n) is 2.22. The van der Waals surface area contributed by atoms with Gasteiger partial charge in [-0.2, -0.15) is 0 Å². The van der Waals surface area contributed by atoms with Crippen LogP contribution in [0.1, 0.15) is 5.56 Å². The maximum Gasteiger partial charge on any atom is 0.160 e. The molecule has 0 aliphatic rings. The number of halogens is 1. The normalized spacial score (nSPS) is 9.91. The van der Waals surface area contributed by atoms with Crippen LogP contribution in [0.25, 0.3) is 0 Å². The minimum atomic E-state index is -0.0902. The first-order chi connectivity index (χ1) is 5.25. The van der Waals surface area contributed by atoms with Crippen molar-refractivity contribution in [3.8, 4) is 11.5 Å². The highest BCUT2D eigenvalue weighted by molar-refractivity contribution is 6.18. The summed E-state index contributed by atoms with van der Waals surface area (Å²) in [4.78, 5) is 0. The third-order valence-electron chi connectivity index (χ3n) is 1.46. The molecule has 0 unspecified atom stereocenters. The minimum Gasteiger partial charge on any atom is -0.504 e. The fraction of sp³-hybridized carbons (Fsp3) is 0.250. The van der Waals surface area contributed by atoms with Gasteiger partial charge in [0.2, 0.25) is 0 Å². The number of aromatic hydroxyl groups is 2. The van der Waals surface area contributed by atoms with E-state index in [9.17, 15) is 5.11 Å². The molecule has 0 saturated heterocycles. The van der Waals surface area contributed by atoms with Gasteiger partial charge in [-0.3, -0.25) is 0 Å². The van der Waals surface area contributed by atoms with Crippen molar-refractivity contribution in [1.82, 2.24) is 0 Å². The molecule has 0 amide bonds. The molecule has 1 rings (SSSR count). The van der Waals surface area contributed by atoms with Crippen molar-refractivity contribution in [2.45, 2.75) is 6.42 Å². The molecule has 2 N–H and O–H groups in total. The van der Waals surface area contributed by atoms with Crippen molar-refractivity contribution in [2.75, 3.05) is 5.88 Å². The van der Waals surface area contributed by atoms with E-state index < -0.39 is 0 Å². The fourth-order valence-electron chi connectivity index (χ4n) is 0.881. The number of hydrogen-bond donors (Lipinski definition) is 2. The number of phenols is 2. The number of alkyl halides is 1. The Hall–Kier alpha value is -0.890. The zero-order chi connectivity index (χ0) is 8.27. The van der Waals surface area contributed by atoms with E-state index in [0.717, 1.165) is 0 Å². The van der Waals surface area contributed by atoms with Crippen LogP contribution in [0.2, 0.25) is 0 Å². The third-order valence-corrected chi connectivity index (χ3v) is 1.65. The molecule has 3 heteroatoms. The van der Waals surface area contributed by atoms with E-state index in [1.54, 1.807) is 12.1 Å². The predicted octanol–water partition coefficient (Wildman–Crippen LogP) is 1.88. The van der Waals surface area contributed by atoms with Gasteiger partial charge in [-0.15, -0.1) is 11.6 Å².